The molecule has 0 amide bonds. The van der Waals surface area contributed by atoms with Gasteiger partial charge in [0.05, 0.1) is 22.3 Å². The van der Waals surface area contributed by atoms with Crippen LogP contribution in [0.25, 0.3) is 43.1 Å². The third-order valence-electron chi connectivity index (χ3n) is 7.34. The number of unbranched alkanes of at least 4 members (excludes halogenated alkanes) is 2. The van der Waals surface area contributed by atoms with Crippen LogP contribution in [-0.4, -0.2) is 55.4 Å². The highest BCUT2D eigenvalue weighted by molar-refractivity contribution is 6.38. The molecule has 0 saturated carbocycles. The first-order valence-corrected chi connectivity index (χ1v) is 12.4. The zero-order chi connectivity index (χ0) is 28.9. The first kappa shape index (κ1) is 26.4. The molecule has 0 aliphatic carbocycles. The predicted octanol–water partition coefficient (Wildman–Crippen LogP) is 5.72. The van der Waals surface area contributed by atoms with Crippen LogP contribution < -0.4 is 0 Å². The van der Waals surface area contributed by atoms with Crippen LogP contribution in [0.1, 0.15) is 72.7 Å². The highest BCUT2D eigenvalue weighted by atomic mass is 16.4. The number of hydrogen-bond acceptors (Lipinski definition) is 5. The van der Waals surface area contributed by atoms with E-state index in [1.807, 2.05) is 0 Å². The van der Waals surface area contributed by atoms with Gasteiger partial charge in [-0.2, -0.15) is 0 Å². The van der Waals surface area contributed by atoms with Crippen LogP contribution >= 0.6 is 0 Å². The Morgan fingerprint density at radius 2 is 0.950 bits per heavy atom. The molecule has 0 aliphatic heterocycles. The second-order valence-electron chi connectivity index (χ2n) is 9.62. The first-order valence-electron chi connectivity index (χ1n) is 12.4. The third-order valence-corrected chi connectivity index (χ3v) is 7.34. The molecule has 202 valence electrons. The summed E-state index contributed by atoms with van der Waals surface area (Å²) >= 11 is 0. The van der Waals surface area contributed by atoms with Crippen molar-refractivity contribution in [3.63, 3.8) is 0 Å². The SMILES string of the molecule is O=C(O)CCCCCc1cc(C(=O)O)c2c(C(=O)O)ccc3c4ccc(C(=O)O)c5c(C(=O)O)ccc(c1c23)c54. The van der Waals surface area contributed by atoms with Gasteiger partial charge in [-0.15, -0.1) is 0 Å². The van der Waals surface area contributed by atoms with Crippen molar-refractivity contribution in [2.24, 2.45) is 0 Å². The summed E-state index contributed by atoms with van der Waals surface area (Å²) in [4.78, 5) is 59.8. The number of hydrogen-bond donors (Lipinski definition) is 5. The van der Waals surface area contributed by atoms with Gasteiger partial charge in [0.2, 0.25) is 0 Å². The molecule has 0 aliphatic rings. The highest BCUT2D eigenvalue weighted by Crippen LogP contribution is 2.45. The Balaban J connectivity index is 1.98. The molecule has 0 aromatic heterocycles. The van der Waals surface area contributed by atoms with E-state index in [4.69, 9.17) is 5.11 Å². The van der Waals surface area contributed by atoms with Crippen LogP contribution in [0.4, 0.5) is 0 Å². The van der Waals surface area contributed by atoms with Crippen LogP contribution in [0.5, 0.6) is 0 Å². The Morgan fingerprint density at radius 1 is 0.475 bits per heavy atom. The number of carbonyl (C=O) groups is 5. The van der Waals surface area contributed by atoms with E-state index in [9.17, 15) is 44.4 Å². The van der Waals surface area contributed by atoms with Crippen LogP contribution in [0.15, 0.2) is 42.5 Å². The molecule has 10 nitrogen and oxygen atoms in total. The summed E-state index contributed by atoms with van der Waals surface area (Å²) in [5.41, 5.74) is -0.286. The summed E-state index contributed by atoms with van der Waals surface area (Å²) in [5.74, 6) is -6.20. The number of rotatable bonds is 10. The predicted molar refractivity (Wildman–Crippen MR) is 145 cm³/mol. The van der Waals surface area contributed by atoms with Gasteiger partial charge < -0.3 is 25.5 Å². The molecule has 0 radical (unpaired) electrons. The van der Waals surface area contributed by atoms with Gasteiger partial charge in [-0.1, -0.05) is 24.6 Å². The molecule has 0 atom stereocenters. The molecule has 10 heteroatoms. The summed E-state index contributed by atoms with van der Waals surface area (Å²) in [6, 6.07) is 9.90. The zero-order valence-electron chi connectivity index (χ0n) is 20.9. The Kier molecular flexibility index (Phi) is 6.46. The molecule has 40 heavy (non-hydrogen) atoms. The fourth-order valence-electron chi connectivity index (χ4n) is 5.75. The minimum absolute atomic E-state index is 0.0142. The van der Waals surface area contributed by atoms with E-state index in [0.717, 1.165) is 0 Å². The van der Waals surface area contributed by atoms with E-state index < -0.39 is 29.8 Å². The first-order chi connectivity index (χ1) is 19.0. The monoisotopic (exact) mass is 542 g/mol. The van der Waals surface area contributed by atoms with Crippen molar-refractivity contribution in [3.8, 4) is 0 Å². The second kappa shape index (κ2) is 9.81. The summed E-state index contributed by atoms with van der Waals surface area (Å²) in [6.45, 7) is 0. The van der Waals surface area contributed by atoms with Crippen molar-refractivity contribution >= 4 is 72.9 Å². The van der Waals surface area contributed by atoms with Crippen molar-refractivity contribution in [2.75, 3.05) is 0 Å². The van der Waals surface area contributed by atoms with Gasteiger partial charge in [0.1, 0.15) is 0 Å². The maximum Gasteiger partial charge on any atom is 0.336 e. The fourth-order valence-corrected chi connectivity index (χ4v) is 5.75. The van der Waals surface area contributed by atoms with Crippen molar-refractivity contribution < 1.29 is 49.5 Å². The third kappa shape index (κ3) is 4.10. The molecule has 0 spiro atoms. The summed E-state index contributed by atoms with van der Waals surface area (Å²) in [5, 5.41) is 51.5. The maximum absolute atomic E-state index is 12.4. The van der Waals surface area contributed by atoms with Crippen LogP contribution in [0.3, 0.4) is 0 Å². The van der Waals surface area contributed by atoms with Gasteiger partial charge >= 0.3 is 29.8 Å². The van der Waals surface area contributed by atoms with Crippen molar-refractivity contribution in [2.45, 2.75) is 32.1 Å². The Hall–Kier alpha value is -5.25. The average molecular weight is 542 g/mol. The lowest BCUT2D eigenvalue weighted by atomic mass is 9.82. The fraction of sp³-hybridized carbons (Fsp3) is 0.167. The normalized spacial score (nSPS) is 11.5. The molecule has 0 heterocycles. The van der Waals surface area contributed by atoms with Gasteiger partial charge in [-0.25, -0.2) is 19.2 Å². The molecule has 0 bridgehead atoms. The molecular weight excluding hydrogens is 520 g/mol. The van der Waals surface area contributed by atoms with Crippen LogP contribution in [0.2, 0.25) is 0 Å². The molecule has 5 aromatic rings. The number of aliphatic carboxylic acids is 1. The Bertz CT molecular complexity index is 1900. The van der Waals surface area contributed by atoms with E-state index in [0.29, 0.717) is 63.6 Å². The number of carboxylic acids is 5. The number of benzene rings is 5. The standard InChI is InChI=1S/C30H22O10/c31-21(32)5-3-1-2-4-13-12-20(30(39)40)25-19(29(37)38)10-7-15-14-6-9-17(27(33)34)24-18(28(35)36)11-8-16(23(14)24)22(13)26(15)25/h6-12H,1-5H2,(H,31,32)(H,33,34)(H,35,36)(H,37,38)(H,39,40). The average Bonchev–Trinajstić information content (AvgIpc) is 2.89. The maximum atomic E-state index is 12.4. The molecule has 0 unspecified atom stereocenters. The van der Waals surface area contributed by atoms with Crippen molar-refractivity contribution in [3.05, 3.63) is 70.3 Å². The van der Waals surface area contributed by atoms with Gasteiger partial charge in [0.15, 0.2) is 0 Å². The summed E-state index contributed by atoms with van der Waals surface area (Å²) in [7, 11) is 0. The number of fused-ring (bicyclic) bond motifs is 2. The minimum Gasteiger partial charge on any atom is -0.481 e. The number of aromatic carboxylic acids is 4. The van der Waals surface area contributed by atoms with E-state index in [-0.39, 0.29) is 39.4 Å². The zero-order valence-corrected chi connectivity index (χ0v) is 20.9. The number of aryl methyl sites for hydroxylation is 1. The van der Waals surface area contributed by atoms with Gasteiger partial charge in [-0.05, 0) is 81.4 Å². The van der Waals surface area contributed by atoms with Crippen LogP contribution in [-0.2, 0) is 11.2 Å². The molecular formula is C30H22O10. The summed E-state index contributed by atoms with van der Waals surface area (Å²) < 4.78 is 0. The lowest BCUT2D eigenvalue weighted by Gasteiger charge is -2.21. The van der Waals surface area contributed by atoms with Crippen LogP contribution in [0, 0.1) is 0 Å². The largest absolute Gasteiger partial charge is 0.481 e. The molecule has 5 aromatic carbocycles. The highest BCUT2D eigenvalue weighted by Gasteiger charge is 2.27. The summed E-state index contributed by atoms with van der Waals surface area (Å²) in [6.07, 6.45) is 1.79. The van der Waals surface area contributed by atoms with E-state index in [1.54, 1.807) is 6.07 Å². The lowest BCUT2D eigenvalue weighted by Crippen LogP contribution is -2.08. The second-order valence-corrected chi connectivity index (χ2v) is 9.62. The Morgan fingerprint density at radius 3 is 1.45 bits per heavy atom. The van der Waals surface area contributed by atoms with E-state index in [2.05, 4.69) is 0 Å². The smallest absolute Gasteiger partial charge is 0.336 e. The molecule has 5 N–H and O–H groups in total. The quantitative estimate of drug-likeness (QED) is 0.0830. The molecule has 0 fully saturated rings. The number of carboxylic acid groups (broad SMARTS) is 5. The van der Waals surface area contributed by atoms with Gasteiger partial charge in [-0.3, -0.25) is 4.79 Å². The van der Waals surface area contributed by atoms with Crippen molar-refractivity contribution in [1.29, 1.82) is 0 Å². The molecule has 0 saturated heterocycles. The van der Waals surface area contributed by atoms with Crippen molar-refractivity contribution in [1.82, 2.24) is 0 Å². The van der Waals surface area contributed by atoms with Gasteiger partial charge in [0.25, 0.3) is 0 Å². The topological polar surface area (TPSA) is 186 Å². The molecule has 5 rings (SSSR count). The van der Waals surface area contributed by atoms with E-state index >= 15 is 0 Å². The van der Waals surface area contributed by atoms with E-state index in [1.165, 1.54) is 36.4 Å². The van der Waals surface area contributed by atoms with Gasteiger partial charge in [0, 0.05) is 17.2 Å². The Labute approximate surface area is 225 Å². The lowest BCUT2D eigenvalue weighted by molar-refractivity contribution is -0.137. The minimum atomic E-state index is -1.32.